The minimum atomic E-state index is -0.0458. The third-order valence-electron chi connectivity index (χ3n) is 3.42. The Hall–Kier alpha value is -1.03. The van der Waals surface area contributed by atoms with Gasteiger partial charge in [-0.3, -0.25) is 4.79 Å². The molecule has 4 heteroatoms. The summed E-state index contributed by atoms with van der Waals surface area (Å²) in [4.78, 5) is 14.7. The van der Waals surface area contributed by atoms with Gasteiger partial charge in [0.1, 0.15) is 5.75 Å². The van der Waals surface area contributed by atoms with E-state index in [4.69, 9.17) is 4.74 Å². The van der Waals surface area contributed by atoms with E-state index in [1.807, 2.05) is 29.2 Å². The van der Waals surface area contributed by atoms with Crippen molar-refractivity contribution in [3.63, 3.8) is 0 Å². The minimum absolute atomic E-state index is 0.0458. The second-order valence-corrected chi connectivity index (χ2v) is 5.53. The van der Waals surface area contributed by atoms with Crippen LogP contribution >= 0.6 is 15.9 Å². The molecular formula is C15H20BrNO2. The first-order chi connectivity index (χ1) is 9.27. The summed E-state index contributed by atoms with van der Waals surface area (Å²) < 4.78 is 5.62. The van der Waals surface area contributed by atoms with Crippen LogP contribution in [-0.4, -0.2) is 35.8 Å². The Morgan fingerprint density at radius 3 is 2.95 bits per heavy atom. The van der Waals surface area contributed by atoms with Crippen molar-refractivity contribution >= 4 is 21.8 Å². The fraction of sp³-hybridized carbons (Fsp3) is 0.533. The average Bonchev–Trinajstić information content (AvgIpc) is 2.46. The second kappa shape index (κ2) is 6.94. The summed E-state index contributed by atoms with van der Waals surface area (Å²) in [5.41, 5.74) is 1.04. The Kier molecular flexibility index (Phi) is 5.25. The number of nitrogens with zero attached hydrogens (tertiary/aromatic N) is 1. The topological polar surface area (TPSA) is 29.5 Å². The summed E-state index contributed by atoms with van der Waals surface area (Å²) >= 11 is 3.43. The van der Waals surface area contributed by atoms with Crippen LogP contribution in [0, 0.1) is 0 Å². The van der Waals surface area contributed by atoms with Gasteiger partial charge in [-0.05, 0) is 18.9 Å². The van der Waals surface area contributed by atoms with Gasteiger partial charge in [0.2, 0.25) is 5.91 Å². The normalized spacial score (nSPS) is 17.5. The third kappa shape index (κ3) is 3.30. The fourth-order valence-corrected chi connectivity index (χ4v) is 2.95. The van der Waals surface area contributed by atoms with E-state index < -0.39 is 0 Å². The first-order valence-corrected chi connectivity index (χ1v) is 7.96. The Bertz CT molecular complexity index is 430. The van der Waals surface area contributed by atoms with Gasteiger partial charge in [0.15, 0.2) is 0 Å². The number of hydrogen-bond acceptors (Lipinski definition) is 2. The maximum Gasteiger partial charge on any atom is 0.230 e. The van der Waals surface area contributed by atoms with Gasteiger partial charge in [-0.15, -0.1) is 0 Å². The molecule has 19 heavy (non-hydrogen) atoms. The van der Waals surface area contributed by atoms with E-state index in [1.54, 1.807) is 0 Å². The average molecular weight is 326 g/mol. The highest BCUT2D eigenvalue weighted by molar-refractivity contribution is 9.09. The number of alkyl halides is 1. The van der Waals surface area contributed by atoms with Crippen LogP contribution in [0.1, 0.15) is 31.2 Å². The largest absolute Gasteiger partial charge is 0.493 e. The highest BCUT2D eigenvalue weighted by Crippen LogP contribution is 2.34. The zero-order chi connectivity index (χ0) is 13.7. The van der Waals surface area contributed by atoms with Crippen molar-refractivity contribution in [2.75, 3.05) is 25.0 Å². The summed E-state index contributed by atoms with van der Waals surface area (Å²) in [5, 5.41) is 0.823. The molecule has 1 aromatic carbocycles. The molecule has 1 aliphatic rings. The Balaban J connectivity index is 2.19. The molecule has 0 bridgehead atoms. The summed E-state index contributed by atoms with van der Waals surface area (Å²) in [5.74, 6) is 1.05. The molecule has 0 aromatic heterocycles. The molecule has 1 unspecified atom stereocenters. The van der Waals surface area contributed by atoms with Gasteiger partial charge in [-0.2, -0.15) is 0 Å². The molecule has 1 aromatic rings. The molecule has 2 rings (SSSR count). The number of para-hydroxylation sites is 1. The molecule has 104 valence electrons. The number of fused-ring (bicyclic) bond motifs is 1. The van der Waals surface area contributed by atoms with Crippen LogP contribution in [0.5, 0.6) is 5.75 Å². The summed E-state index contributed by atoms with van der Waals surface area (Å²) in [6.07, 6.45) is 1.77. The second-order valence-electron chi connectivity index (χ2n) is 4.74. The number of benzene rings is 1. The van der Waals surface area contributed by atoms with Crippen LogP contribution in [-0.2, 0) is 4.79 Å². The molecule has 1 heterocycles. The lowest BCUT2D eigenvalue weighted by atomic mass is 9.91. The summed E-state index contributed by atoms with van der Waals surface area (Å²) in [6, 6.07) is 7.88. The highest BCUT2D eigenvalue weighted by atomic mass is 79.9. The van der Waals surface area contributed by atoms with Crippen LogP contribution < -0.4 is 4.74 Å². The first-order valence-electron chi connectivity index (χ1n) is 6.84. The number of rotatable bonds is 5. The van der Waals surface area contributed by atoms with Crippen LogP contribution in [0.3, 0.4) is 0 Å². The van der Waals surface area contributed by atoms with Gasteiger partial charge in [-0.25, -0.2) is 0 Å². The number of carbonyl (C=O) groups excluding carboxylic acids is 1. The number of halogens is 1. The van der Waals surface area contributed by atoms with E-state index in [0.29, 0.717) is 6.61 Å². The molecule has 0 radical (unpaired) electrons. The molecule has 3 nitrogen and oxygen atoms in total. The SMILES string of the molecule is CCCN(CCBr)C(=O)C1CCOc2ccccc21. The third-order valence-corrected chi connectivity index (χ3v) is 3.77. The zero-order valence-electron chi connectivity index (χ0n) is 11.3. The van der Waals surface area contributed by atoms with Crippen molar-refractivity contribution < 1.29 is 9.53 Å². The first kappa shape index (κ1) is 14.4. The molecule has 0 spiro atoms. The monoisotopic (exact) mass is 325 g/mol. The molecule has 1 amide bonds. The molecule has 0 N–H and O–H groups in total. The lowest BCUT2D eigenvalue weighted by molar-refractivity contribution is -0.133. The lowest BCUT2D eigenvalue weighted by Gasteiger charge is -2.30. The number of ether oxygens (including phenoxy) is 1. The molecule has 0 saturated heterocycles. The van der Waals surface area contributed by atoms with Gasteiger partial charge in [0, 0.05) is 24.0 Å². The summed E-state index contributed by atoms with van der Waals surface area (Å²) in [7, 11) is 0. The predicted molar refractivity (Wildman–Crippen MR) is 80.0 cm³/mol. The number of carbonyl (C=O) groups is 1. The Morgan fingerprint density at radius 2 is 2.21 bits per heavy atom. The molecule has 1 aliphatic heterocycles. The predicted octanol–water partition coefficient (Wildman–Crippen LogP) is 3.19. The van der Waals surface area contributed by atoms with E-state index in [0.717, 1.165) is 42.6 Å². The van der Waals surface area contributed by atoms with Crippen molar-refractivity contribution in [2.24, 2.45) is 0 Å². The minimum Gasteiger partial charge on any atom is -0.493 e. The highest BCUT2D eigenvalue weighted by Gasteiger charge is 2.30. The van der Waals surface area contributed by atoms with Gasteiger partial charge in [-0.1, -0.05) is 41.1 Å². The Labute approximate surface area is 123 Å². The van der Waals surface area contributed by atoms with Crippen molar-refractivity contribution in [3.8, 4) is 5.75 Å². The molecule has 0 aliphatic carbocycles. The van der Waals surface area contributed by atoms with Crippen LogP contribution in [0.4, 0.5) is 0 Å². The molecule has 1 atom stereocenters. The van der Waals surface area contributed by atoms with E-state index >= 15 is 0 Å². The Morgan fingerprint density at radius 1 is 1.42 bits per heavy atom. The quantitative estimate of drug-likeness (QED) is 0.778. The van der Waals surface area contributed by atoms with Crippen molar-refractivity contribution in [1.29, 1.82) is 0 Å². The maximum absolute atomic E-state index is 12.7. The number of amides is 1. The molecule has 0 fully saturated rings. The maximum atomic E-state index is 12.7. The number of hydrogen-bond donors (Lipinski definition) is 0. The van der Waals surface area contributed by atoms with Crippen LogP contribution in [0.25, 0.3) is 0 Å². The summed E-state index contributed by atoms with van der Waals surface area (Å²) in [6.45, 7) is 4.32. The lowest BCUT2D eigenvalue weighted by Crippen LogP contribution is -2.38. The fourth-order valence-electron chi connectivity index (χ4n) is 2.52. The van der Waals surface area contributed by atoms with Gasteiger partial charge in [0.25, 0.3) is 0 Å². The molecular weight excluding hydrogens is 306 g/mol. The van der Waals surface area contributed by atoms with E-state index in [1.165, 1.54) is 0 Å². The van der Waals surface area contributed by atoms with Gasteiger partial charge < -0.3 is 9.64 Å². The van der Waals surface area contributed by atoms with Crippen LogP contribution in [0.2, 0.25) is 0 Å². The van der Waals surface area contributed by atoms with E-state index in [-0.39, 0.29) is 11.8 Å². The van der Waals surface area contributed by atoms with Crippen LogP contribution in [0.15, 0.2) is 24.3 Å². The smallest absolute Gasteiger partial charge is 0.230 e. The van der Waals surface area contributed by atoms with Crippen molar-refractivity contribution in [2.45, 2.75) is 25.7 Å². The van der Waals surface area contributed by atoms with Crippen molar-refractivity contribution in [3.05, 3.63) is 29.8 Å². The van der Waals surface area contributed by atoms with E-state index in [2.05, 4.69) is 22.9 Å². The standard InChI is InChI=1S/C15H20BrNO2/c1-2-9-17(10-8-16)15(18)13-7-11-19-14-6-4-3-5-12(13)14/h3-6,13H,2,7-11H2,1H3. The van der Waals surface area contributed by atoms with Gasteiger partial charge >= 0.3 is 0 Å². The van der Waals surface area contributed by atoms with E-state index in [9.17, 15) is 4.79 Å². The van der Waals surface area contributed by atoms with Crippen molar-refractivity contribution in [1.82, 2.24) is 4.90 Å². The molecule has 0 saturated carbocycles. The zero-order valence-corrected chi connectivity index (χ0v) is 12.9. The van der Waals surface area contributed by atoms with Gasteiger partial charge in [0.05, 0.1) is 12.5 Å².